The van der Waals surface area contributed by atoms with E-state index in [1.165, 1.54) is 0 Å². The number of rotatable bonds is 3. The van der Waals surface area contributed by atoms with Crippen molar-refractivity contribution in [2.45, 2.75) is 19.8 Å². The molecule has 1 amide bonds. The molecule has 24 heavy (non-hydrogen) atoms. The minimum Gasteiger partial charge on any atom is -0.481 e. The summed E-state index contributed by atoms with van der Waals surface area (Å²) < 4.78 is 5.24. The number of amides is 1. The fourth-order valence-corrected chi connectivity index (χ4v) is 3.17. The molecule has 1 aromatic rings. The van der Waals surface area contributed by atoms with Gasteiger partial charge in [-0.3, -0.25) is 9.59 Å². The van der Waals surface area contributed by atoms with Crippen molar-refractivity contribution in [2.24, 2.45) is 5.92 Å². The minimum absolute atomic E-state index is 0.0119. The van der Waals surface area contributed by atoms with Crippen molar-refractivity contribution in [1.82, 2.24) is 4.90 Å². The summed E-state index contributed by atoms with van der Waals surface area (Å²) in [6, 6.07) is 5.50. The number of fused-ring (bicyclic) bond motifs is 1. The fraction of sp³-hybridized carbons (Fsp3) is 0.471. The smallest absolute Gasteiger partial charge is 0.331 e. The topological polar surface area (TPSA) is 87.2 Å². The highest BCUT2D eigenvalue weighted by Gasteiger charge is 2.31. The number of anilines is 1. The van der Waals surface area contributed by atoms with Gasteiger partial charge in [0.05, 0.1) is 18.2 Å². The van der Waals surface area contributed by atoms with Crippen molar-refractivity contribution < 1.29 is 24.2 Å². The van der Waals surface area contributed by atoms with Crippen LogP contribution in [0.2, 0.25) is 0 Å². The molecule has 1 aromatic carbocycles. The number of aliphatic carboxylic acids is 1. The van der Waals surface area contributed by atoms with E-state index in [1.807, 2.05) is 19.1 Å². The molecular formula is C17H20N2O5. The molecule has 1 N–H and O–H groups in total. The van der Waals surface area contributed by atoms with Crippen LogP contribution >= 0.6 is 0 Å². The van der Waals surface area contributed by atoms with Gasteiger partial charge in [-0.05, 0) is 37.5 Å². The highest BCUT2D eigenvalue weighted by atomic mass is 16.5. The number of hydrogen-bond donors (Lipinski definition) is 1. The van der Waals surface area contributed by atoms with E-state index in [0.717, 1.165) is 5.56 Å². The van der Waals surface area contributed by atoms with Gasteiger partial charge in [0, 0.05) is 13.1 Å². The zero-order chi connectivity index (χ0) is 17.3. The Morgan fingerprint density at radius 1 is 1.38 bits per heavy atom. The number of ether oxygens (including phenoxy) is 1. The van der Waals surface area contributed by atoms with Gasteiger partial charge in [-0.25, -0.2) is 4.79 Å². The number of carbonyl (C=O) groups excluding carboxylic acids is 2. The third kappa shape index (κ3) is 3.34. The average Bonchev–Trinajstić information content (AvgIpc) is 2.54. The summed E-state index contributed by atoms with van der Waals surface area (Å²) in [7, 11) is 0. The molecule has 0 saturated carbocycles. The maximum absolute atomic E-state index is 12.6. The first-order valence-corrected chi connectivity index (χ1v) is 8.01. The number of piperidine rings is 1. The van der Waals surface area contributed by atoms with Crippen LogP contribution in [-0.2, 0) is 14.4 Å². The van der Waals surface area contributed by atoms with Crippen LogP contribution in [0.4, 0.5) is 5.69 Å². The molecule has 3 rings (SSSR count). The number of carbonyl (C=O) groups is 3. The zero-order valence-corrected chi connectivity index (χ0v) is 13.5. The molecular weight excluding hydrogens is 312 g/mol. The van der Waals surface area contributed by atoms with Crippen molar-refractivity contribution in [3.63, 3.8) is 0 Å². The summed E-state index contributed by atoms with van der Waals surface area (Å²) in [5.74, 6) is -1.48. The number of benzene rings is 1. The van der Waals surface area contributed by atoms with Crippen molar-refractivity contribution in [2.75, 3.05) is 31.1 Å². The maximum atomic E-state index is 12.6. The lowest BCUT2D eigenvalue weighted by Gasteiger charge is -2.34. The van der Waals surface area contributed by atoms with Gasteiger partial charge in [-0.15, -0.1) is 0 Å². The SMILES string of the molecule is Cc1ccc2c(c1)OC(=O)CN2CC(=O)N1CCCC(C(=O)O)C1. The van der Waals surface area contributed by atoms with E-state index >= 15 is 0 Å². The summed E-state index contributed by atoms with van der Waals surface area (Å²) in [6.45, 7) is 2.74. The third-order valence-corrected chi connectivity index (χ3v) is 4.45. The van der Waals surface area contributed by atoms with Crippen LogP contribution in [0.15, 0.2) is 18.2 Å². The number of carboxylic acids is 1. The number of hydrogen-bond acceptors (Lipinski definition) is 5. The monoisotopic (exact) mass is 332 g/mol. The standard InChI is InChI=1S/C17H20N2O5/c1-11-4-5-13-14(7-11)24-16(21)10-19(13)9-15(20)18-6-2-3-12(8-18)17(22)23/h4-5,7,12H,2-3,6,8-10H2,1H3,(H,22,23). The molecule has 0 spiro atoms. The van der Waals surface area contributed by atoms with Crippen LogP contribution in [0.1, 0.15) is 18.4 Å². The molecule has 0 aliphatic carbocycles. The van der Waals surface area contributed by atoms with E-state index in [4.69, 9.17) is 9.84 Å². The Morgan fingerprint density at radius 2 is 2.17 bits per heavy atom. The fourth-order valence-electron chi connectivity index (χ4n) is 3.17. The summed E-state index contributed by atoms with van der Waals surface area (Å²) in [5, 5.41) is 9.14. The zero-order valence-electron chi connectivity index (χ0n) is 13.5. The number of nitrogens with zero attached hydrogens (tertiary/aromatic N) is 2. The summed E-state index contributed by atoms with van der Waals surface area (Å²) in [4.78, 5) is 38.7. The average molecular weight is 332 g/mol. The molecule has 7 nitrogen and oxygen atoms in total. The highest BCUT2D eigenvalue weighted by molar-refractivity contribution is 5.89. The number of esters is 1. The van der Waals surface area contributed by atoms with Crippen molar-refractivity contribution in [3.05, 3.63) is 23.8 Å². The second-order valence-electron chi connectivity index (χ2n) is 6.32. The molecule has 1 saturated heterocycles. The Bertz CT molecular complexity index is 688. The van der Waals surface area contributed by atoms with Crippen LogP contribution in [0.5, 0.6) is 5.75 Å². The first kappa shape index (κ1) is 16.3. The van der Waals surface area contributed by atoms with Crippen molar-refractivity contribution in [1.29, 1.82) is 0 Å². The second-order valence-corrected chi connectivity index (χ2v) is 6.32. The molecule has 7 heteroatoms. The lowest BCUT2D eigenvalue weighted by molar-refractivity contribution is -0.145. The van der Waals surface area contributed by atoms with Crippen LogP contribution < -0.4 is 9.64 Å². The number of carboxylic acid groups (broad SMARTS) is 1. The van der Waals surface area contributed by atoms with E-state index in [1.54, 1.807) is 15.9 Å². The predicted octanol–water partition coefficient (Wildman–Crippen LogP) is 1.04. The molecule has 1 atom stereocenters. The van der Waals surface area contributed by atoms with Gasteiger partial charge in [0.25, 0.3) is 0 Å². The number of likely N-dealkylation sites (tertiary alicyclic amines) is 1. The normalized spacial score (nSPS) is 20.4. The van der Waals surface area contributed by atoms with Gasteiger partial charge in [-0.2, -0.15) is 0 Å². The van der Waals surface area contributed by atoms with E-state index in [2.05, 4.69) is 0 Å². The third-order valence-electron chi connectivity index (χ3n) is 4.45. The van der Waals surface area contributed by atoms with Gasteiger partial charge in [0.1, 0.15) is 6.54 Å². The van der Waals surface area contributed by atoms with Crippen molar-refractivity contribution in [3.8, 4) is 5.75 Å². The lowest BCUT2D eigenvalue weighted by atomic mass is 9.98. The van der Waals surface area contributed by atoms with Gasteiger partial charge in [-0.1, -0.05) is 6.07 Å². The molecule has 2 aliphatic rings. The van der Waals surface area contributed by atoms with Crippen molar-refractivity contribution >= 4 is 23.5 Å². The predicted molar refractivity (Wildman–Crippen MR) is 86.0 cm³/mol. The Balaban J connectivity index is 1.73. The minimum atomic E-state index is -0.866. The van der Waals surface area contributed by atoms with E-state index in [-0.39, 0.29) is 25.5 Å². The lowest BCUT2D eigenvalue weighted by Crippen LogP contribution is -2.48. The van der Waals surface area contributed by atoms with Gasteiger partial charge in [0.2, 0.25) is 5.91 Å². The maximum Gasteiger partial charge on any atom is 0.331 e. The highest BCUT2D eigenvalue weighted by Crippen LogP contribution is 2.32. The number of aryl methyl sites for hydroxylation is 1. The molecule has 1 fully saturated rings. The van der Waals surface area contributed by atoms with Crippen LogP contribution in [0.3, 0.4) is 0 Å². The molecule has 2 heterocycles. The Labute approximate surface area is 139 Å². The van der Waals surface area contributed by atoms with E-state index in [0.29, 0.717) is 30.8 Å². The summed E-state index contributed by atoms with van der Waals surface area (Å²) >= 11 is 0. The quantitative estimate of drug-likeness (QED) is 0.657. The Hall–Kier alpha value is -2.57. The van der Waals surface area contributed by atoms with Crippen LogP contribution in [0, 0.1) is 12.8 Å². The molecule has 0 bridgehead atoms. The van der Waals surface area contributed by atoms with E-state index < -0.39 is 17.9 Å². The van der Waals surface area contributed by atoms with Crippen LogP contribution in [0.25, 0.3) is 0 Å². The molecule has 128 valence electrons. The molecule has 0 aromatic heterocycles. The Kier molecular flexibility index (Phi) is 4.42. The van der Waals surface area contributed by atoms with Gasteiger partial charge in [0.15, 0.2) is 5.75 Å². The first-order valence-electron chi connectivity index (χ1n) is 8.01. The van der Waals surface area contributed by atoms with Crippen LogP contribution in [-0.4, -0.2) is 54.0 Å². The molecule has 1 unspecified atom stereocenters. The second kappa shape index (κ2) is 6.51. The summed E-state index contributed by atoms with van der Waals surface area (Å²) in [5.41, 5.74) is 1.68. The summed E-state index contributed by atoms with van der Waals surface area (Å²) in [6.07, 6.45) is 1.28. The molecule has 0 radical (unpaired) electrons. The largest absolute Gasteiger partial charge is 0.481 e. The Morgan fingerprint density at radius 3 is 2.92 bits per heavy atom. The van der Waals surface area contributed by atoms with Gasteiger partial charge >= 0.3 is 11.9 Å². The van der Waals surface area contributed by atoms with E-state index in [9.17, 15) is 14.4 Å². The van der Waals surface area contributed by atoms with Gasteiger partial charge < -0.3 is 19.6 Å². The first-order chi connectivity index (χ1) is 11.4. The molecule has 2 aliphatic heterocycles.